The number of fused-ring (bicyclic) bond motifs is 1. The third kappa shape index (κ3) is 7.39. The molecule has 3 amide bonds. The van der Waals surface area contributed by atoms with Gasteiger partial charge in [0.05, 0.1) is 24.5 Å². The van der Waals surface area contributed by atoms with Gasteiger partial charge in [0.2, 0.25) is 17.7 Å². The lowest BCUT2D eigenvalue weighted by Crippen LogP contribution is -2.57. The van der Waals surface area contributed by atoms with E-state index in [1.54, 1.807) is 22.0 Å². The molecule has 0 radical (unpaired) electrons. The number of aliphatic hydroxyl groups is 1. The van der Waals surface area contributed by atoms with Crippen LogP contribution in [0, 0.1) is 11.8 Å². The summed E-state index contributed by atoms with van der Waals surface area (Å²) in [6.07, 6.45) is 7.52. The molecule has 4 rings (SSSR count). The highest BCUT2D eigenvalue weighted by Crippen LogP contribution is 2.59. The highest BCUT2D eigenvalue weighted by molar-refractivity contribution is 5.98. The molecule has 0 aromatic heterocycles. The average molecular weight is 638 g/mol. The third-order valence-electron chi connectivity index (χ3n) is 9.70. The highest BCUT2D eigenvalue weighted by atomic mass is 16.6. The molecule has 10 nitrogen and oxygen atoms in total. The molecule has 3 heterocycles. The largest absolute Gasteiger partial charge is 0.455 e. The Morgan fingerprint density at radius 1 is 1.20 bits per heavy atom. The summed E-state index contributed by atoms with van der Waals surface area (Å²) in [5, 5.41) is 12.2. The quantitative estimate of drug-likeness (QED) is 0.133. The van der Waals surface area contributed by atoms with E-state index in [0.29, 0.717) is 51.6 Å². The Morgan fingerprint density at radius 3 is 2.63 bits per heavy atom. The average Bonchev–Trinajstić information content (AvgIpc) is 3.70. The van der Waals surface area contributed by atoms with Crippen molar-refractivity contribution in [3.63, 3.8) is 0 Å². The van der Waals surface area contributed by atoms with Crippen LogP contribution >= 0.6 is 0 Å². The number of likely N-dealkylation sites (tertiary alicyclic amines) is 1. The van der Waals surface area contributed by atoms with Crippen molar-refractivity contribution in [3.05, 3.63) is 61.2 Å². The van der Waals surface area contributed by atoms with E-state index in [1.807, 2.05) is 37.3 Å². The van der Waals surface area contributed by atoms with Crippen molar-refractivity contribution >= 4 is 23.7 Å². The Labute approximate surface area is 273 Å². The van der Waals surface area contributed by atoms with E-state index in [0.717, 1.165) is 18.4 Å². The van der Waals surface area contributed by atoms with E-state index in [-0.39, 0.29) is 43.3 Å². The van der Waals surface area contributed by atoms with Gasteiger partial charge in [-0.1, -0.05) is 55.8 Å². The minimum Gasteiger partial charge on any atom is -0.455 e. The number of carbonyl (C=O) groups is 4. The molecule has 0 saturated carbocycles. The first-order valence-electron chi connectivity index (χ1n) is 16.9. The van der Waals surface area contributed by atoms with Crippen molar-refractivity contribution < 1.29 is 33.8 Å². The molecule has 1 aromatic carbocycles. The number of ether oxygens (including phenoxy) is 2. The van der Waals surface area contributed by atoms with Crippen LogP contribution in [0.15, 0.2) is 55.6 Å². The summed E-state index contributed by atoms with van der Waals surface area (Å²) in [6, 6.07) is 8.28. The fourth-order valence-corrected chi connectivity index (χ4v) is 7.51. The first-order valence-corrected chi connectivity index (χ1v) is 16.9. The second-order valence-corrected chi connectivity index (χ2v) is 12.8. The van der Waals surface area contributed by atoms with Gasteiger partial charge in [-0.05, 0) is 57.4 Å². The van der Waals surface area contributed by atoms with Crippen molar-refractivity contribution in [2.45, 2.75) is 102 Å². The zero-order valence-corrected chi connectivity index (χ0v) is 27.4. The molecule has 252 valence electrons. The topological polar surface area (TPSA) is 125 Å². The Balaban J connectivity index is 1.63. The summed E-state index contributed by atoms with van der Waals surface area (Å²) in [4.78, 5) is 58.8. The van der Waals surface area contributed by atoms with Gasteiger partial charge < -0.3 is 29.7 Å². The Bertz CT molecular complexity index is 1240. The summed E-state index contributed by atoms with van der Waals surface area (Å²) < 4.78 is 12.7. The summed E-state index contributed by atoms with van der Waals surface area (Å²) in [5.74, 6) is -2.90. The molecule has 0 aliphatic carbocycles. The number of amides is 3. The minimum absolute atomic E-state index is 0.0561. The van der Waals surface area contributed by atoms with Gasteiger partial charge in [-0.2, -0.15) is 0 Å². The predicted molar refractivity (Wildman–Crippen MR) is 174 cm³/mol. The second kappa shape index (κ2) is 16.4. The van der Waals surface area contributed by atoms with Gasteiger partial charge in [-0.25, -0.2) is 0 Å². The Morgan fingerprint density at radius 2 is 1.96 bits per heavy atom. The predicted octanol–water partition coefficient (Wildman–Crippen LogP) is 4.09. The number of allylic oxidation sites excluding steroid dienone is 1. The normalized spacial score (nSPS) is 25.9. The first kappa shape index (κ1) is 35.4. The zero-order valence-electron chi connectivity index (χ0n) is 27.4. The number of aliphatic hydroxyl groups excluding tert-OH is 1. The van der Waals surface area contributed by atoms with Gasteiger partial charge in [0, 0.05) is 32.2 Å². The van der Waals surface area contributed by atoms with E-state index in [1.165, 1.54) is 0 Å². The maximum absolute atomic E-state index is 14.5. The number of nitrogens with one attached hydrogen (secondary N) is 1. The number of unbranched alkanes of at least 4 members (excludes halogenated alkanes) is 2. The molecule has 7 atom stereocenters. The van der Waals surface area contributed by atoms with Gasteiger partial charge in [0.15, 0.2) is 0 Å². The van der Waals surface area contributed by atoms with Crippen LogP contribution in [0.3, 0.4) is 0 Å². The number of benzene rings is 1. The molecule has 10 heteroatoms. The summed E-state index contributed by atoms with van der Waals surface area (Å²) >= 11 is 0. The lowest BCUT2D eigenvalue weighted by molar-refractivity contribution is -0.160. The lowest BCUT2D eigenvalue weighted by atomic mass is 9.70. The molecule has 2 bridgehead atoms. The number of rotatable bonds is 19. The van der Waals surface area contributed by atoms with Gasteiger partial charge in [-0.15, -0.1) is 13.2 Å². The molecule has 1 unspecified atom stereocenters. The standard InChI is InChI=1S/C36H51N3O7/c1-5-8-18-29(41)37-24-28(26-16-11-9-12-17-26)45-35(44)30-27-19-20-36(46-27)31(30)33(42)39(22-13-10-14-23-40)32(36)34(43)38(21-7-3)25(4)15-6-2/h5,7,9,11-12,16-17,25,27-28,30-32,40H,1,3,6,8,10,13-15,18-24H2,2,4H3,(H,37,41)/t25?,27-,28+,30+,31+,32-,36+/m0/s1. The Kier molecular flexibility index (Phi) is 12.6. The van der Waals surface area contributed by atoms with E-state index >= 15 is 0 Å². The van der Waals surface area contributed by atoms with Crippen LogP contribution in [-0.4, -0.2) is 88.6 Å². The van der Waals surface area contributed by atoms with Crippen LogP contribution < -0.4 is 5.32 Å². The van der Waals surface area contributed by atoms with E-state index in [9.17, 15) is 24.3 Å². The SMILES string of the molecule is C=CCCC(=O)NC[C@@H](OC(=O)[C@@H]1[C@@H]2CC[C@]3(O2)[C@H](C(=O)N(CC=C)C(C)CCC)N(CCCCCO)C(=O)[C@@H]13)c1ccccc1. The molecular formula is C36H51N3O7. The first-order chi connectivity index (χ1) is 22.2. The number of hydrogen-bond donors (Lipinski definition) is 2. The molecule has 2 N–H and O–H groups in total. The summed E-state index contributed by atoms with van der Waals surface area (Å²) in [7, 11) is 0. The fourth-order valence-electron chi connectivity index (χ4n) is 7.51. The fraction of sp³-hybridized carbons (Fsp3) is 0.611. The zero-order chi connectivity index (χ0) is 33.3. The molecule has 1 spiro atoms. The van der Waals surface area contributed by atoms with Gasteiger partial charge in [-0.3, -0.25) is 19.2 Å². The number of hydrogen-bond acceptors (Lipinski definition) is 7. The highest BCUT2D eigenvalue weighted by Gasteiger charge is 2.75. The summed E-state index contributed by atoms with van der Waals surface area (Å²) in [5.41, 5.74) is -0.411. The van der Waals surface area contributed by atoms with Gasteiger partial charge >= 0.3 is 5.97 Å². The number of nitrogens with zero attached hydrogens (tertiary/aromatic N) is 2. The lowest BCUT2D eigenvalue weighted by Gasteiger charge is -2.39. The van der Waals surface area contributed by atoms with Crippen molar-refractivity contribution in [2.75, 3.05) is 26.2 Å². The van der Waals surface area contributed by atoms with E-state index < -0.39 is 41.7 Å². The van der Waals surface area contributed by atoms with Crippen LogP contribution in [0.4, 0.5) is 0 Å². The minimum atomic E-state index is -1.13. The molecule has 3 aliphatic rings. The van der Waals surface area contributed by atoms with Crippen molar-refractivity contribution in [1.82, 2.24) is 15.1 Å². The van der Waals surface area contributed by atoms with Gasteiger partial charge in [0.25, 0.3) is 0 Å². The monoisotopic (exact) mass is 637 g/mol. The van der Waals surface area contributed by atoms with Crippen LogP contribution in [0.5, 0.6) is 0 Å². The smallest absolute Gasteiger partial charge is 0.313 e. The number of esters is 1. The Hall–Kier alpha value is -3.50. The maximum Gasteiger partial charge on any atom is 0.313 e. The molecule has 3 fully saturated rings. The molecular weight excluding hydrogens is 586 g/mol. The molecule has 46 heavy (non-hydrogen) atoms. The van der Waals surface area contributed by atoms with Crippen molar-refractivity contribution in [1.29, 1.82) is 0 Å². The maximum atomic E-state index is 14.5. The molecule has 3 aliphatic heterocycles. The summed E-state index contributed by atoms with van der Waals surface area (Å²) in [6.45, 7) is 12.4. The second-order valence-electron chi connectivity index (χ2n) is 12.8. The van der Waals surface area contributed by atoms with Crippen LogP contribution in [0.25, 0.3) is 0 Å². The van der Waals surface area contributed by atoms with Crippen LogP contribution in [0.1, 0.15) is 83.3 Å². The molecule has 1 aromatic rings. The third-order valence-corrected chi connectivity index (χ3v) is 9.70. The van der Waals surface area contributed by atoms with E-state index in [4.69, 9.17) is 9.47 Å². The van der Waals surface area contributed by atoms with Crippen LogP contribution in [-0.2, 0) is 28.7 Å². The van der Waals surface area contributed by atoms with E-state index in [2.05, 4.69) is 25.4 Å². The van der Waals surface area contributed by atoms with Crippen LogP contribution in [0.2, 0.25) is 0 Å². The van der Waals surface area contributed by atoms with Gasteiger partial charge in [0.1, 0.15) is 17.7 Å². The molecule has 3 saturated heterocycles. The van der Waals surface area contributed by atoms with Crippen molar-refractivity contribution in [3.8, 4) is 0 Å². The number of carbonyl (C=O) groups excluding carboxylic acids is 4. The van der Waals surface area contributed by atoms with Crippen molar-refractivity contribution in [2.24, 2.45) is 11.8 Å².